The van der Waals surface area contributed by atoms with E-state index in [0.717, 1.165) is 16.7 Å². The number of nitriles is 1. The lowest BCUT2D eigenvalue weighted by Crippen LogP contribution is -2.14. The molecule has 0 aliphatic heterocycles. The van der Waals surface area contributed by atoms with Gasteiger partial charge in [0.2, 0.25) is 5.91 Å². The summed E-state index contributed by atoms with van der Waals surface area (Å²) in [4.78, 5) is 17.6. The molecule has 0 spiro atoms. The van der Waals surface area contributed by atoms with Crippen molar-refractivity contribution < 1.29 is 14.3 Å². The third-order valence-electron chi connectivity index (χ3n) is 6.35. The van der Waals surface area contributed by atoms with Gasteiger partial charge in [0.1, 0.15) is 17.7 Å². The van der Waals surface area contributed by atoms with E-state index in [9.17, 15) is 10.1 Å². The fourth-order valence-corrected chi connectivity index (χ4v) is 5.20. The molecule has 0 bridgehead atoms. The number of nitrogens with one attached hydrogen (secondary N) is 1. The average Bonchev–Trinajstić information content (AvgIpc) is 3.04. The van der Waals surface area contributed by atoms with E-state index in [0.29, 0.717) is 50.7 Å². The van der Waals surface area contributed by atoms with Crippen molar-refractivity contribution >= 4 is 35.0 Å². The third kappa shape index (κ3) is 7.10. The van der Waals surface area contributed by atoms with Crippen LogP contribution in [0, 0.1) is 11.3 Å². The quantitative estimate of drug-likeness (QED) is 0.165. The van der Waals surface area contributed by atoms with Crippen molar-refractivity contribution in [3.63, 3.8) is 0 Å². The number of thioether (sulfide) groups is 1. The summed E-state index contributed by atoms with van der Waals surface area (Å²) in [6, 6.07) is 36.3. The van der Waals surface area contributed by atoms with Crippen molar-refractivity contribution in [3.05, 3.63) is 125 Å². The molecule has 4 aromatic carbocycles. The molecule has 1 amide bonds. The maximum Gasteiger partial charge on any atom is 0.234 e. The number of methoxy groups -OCH3 is 1. The van der Waals surface area contributed by atoms with Gasteiger partial charge in [0.05, 0.1) is 24.1 Å². The van der Waals surface area contributed by atoms with Crippen LogP contribution in [0.4, 0.5) is 5.69 Å². The normalized spacial score (nSPS) is 10.5. The van der Waals surface area contributed by atoms with Crippen LogP contribution in [0.15, 0.2) is 114 Å². The van der Waals surface area contributed by atoms with E-state index in [1.54, 1.807) is 31.4 Å². The predicted octanol–water partition coefficient (Wildman–Crippen LogP) is 8.26. The lowest BCUT2D eigenvalue weighted by atomic mass is 9.99. The van der Waals surface area contributed by atoms with Gasteiger partial charge < -0.3 is 14.8 Å². The topological polar surface area (TPSA) is 84.2 Å². The van der Waals surface area contributed by atoms with Gasteiger partial charge in [0, 0.05) is 21.8 Å². The van der Waals surface area contributed by atoms with Crippen LogP contribution in [0.25, 0.3) is 22.4 Å². The molecule has 5 aromatic rings. The first-order valence-corrected chi connectivity index (χ1v) is 14.4. The third-order valence-corrected chi connectivity index (χ3v) is 7.57. The van der Waals surface area contributed by atoms with Crippen molar-refractivity contribution in [2.45, 2.75) is 11.6 Å². The van der Waals surface area contributed by atoms with Crippen LogP contribution in [0.1, 0.15) is 11.1 Å². The number of carbonyl (C=O) groups excluding carboxylic acids is 1. The molecule has 0 radical (unpaired) electrons. The number of aromatic nitrogens is 1. The number of nitrogens with zero attached hydrogens (tertiary/aromatic N) is 2. The standard InChI is InChI=1S/C34H26ClN3O3S/c1-40-32-18-25(12-17-31(32)41-21-23-8-4-2-5-9-23)28-19-30(24-10-6-3-7-11-24)38-34(29(28)20-36)42-22-33(39)37-27-15-13-26(35)14-16-27/h2-19H,21-22H2,1H3,(H,37,39). The molecule has 1 N–H and O–H groups in total. The number of halogens is 1. The molecule has 0 unspecified atom stereocenters. The number of pyridine rings is 1. The Labute approximate surface area is 253 Å². The fraction of sp³-hybridized carbons (Fsp3) is 0.0882. The summed E-state index contributed by atoms with van der Waals surface area (Å²) in [5.74, 6) is 0.982. The Morgan fingerprint density at radius 1 is 0.905 bits per heavy atom. The molecule has 8 heteroatoms. The van der Waals surface area contributed by atoms with Crippen molar-refractivity contribution in [2.75, 3.05) is 18.2 Å². The molecule has 42 heavy (non-hydrogen) atoms. The molecule has 1 heterocycles. The highest BCUT2D eigenvalue weighted by atomic mass is 35.5. The first kappa shape index (κ1) is 28.7. The summed E-state index contributed by atoms with van der Waals surface area (Å²) >= 11 is 7.16. The summed E-state index contributed by atoms with van der Waals surface area (Å²) in [6.45, 7) is 0.395. The summed E-state index contributed by atoms with van der Waals surface area (Å²) in [5.41, 5.74) is 5.08. The summed E-state index contributed by atoms with van der Waals surface area (Å²) < 4.78 is 11.7. The summed E-state index contributed by atoms with van der Waals surface area (Å²) in [7, 11) is 1.59. The van der Waals surface area contributed by atoms with Crippen molar-refractivity contribution in [1.29, 1.82) is 5.26 Å². The SMILES string of the molecule is COc1cc(-c2cc(-c3ccccc3)nc(SCC(=O)Nc3ccc(Cl)cc3)c2C#N)ccc1OCc1ccccc1. The Kier molecular flexibility index (Phi) is 9.40. The highest BCUT2D eigenvalue weighted by molar-refractivity contribution is 8.00. The molecule has 0 atom stereocenters. The molecule has 0 saturated carbocycles. The number of benzene rings is 4. The smallest absolute Gasteiger partial charge is 0.234 e. The zero-order valence-electron chi connectivity index (χ0n) is 22.7. The minimum absolute atomic E-state index is 0.0670. The van der Waals surface area contributed by atoms with E-state index in [2.05, 4.69) is 11.4 Å². The number of hydrogen-bond acceptors (Lipinski definition) is 6. The second kappa shape index (κ2) is 13.7. The van der Waals surface area contributed by atoms with Crippen LogP contribution in [0.3, 0.4) is 0 Å². The van der Waals surface area contributed by atoms with Gasteiger partial charge >= 0.3 is 0 Å². The van der Waals surface area contributed by atoms with Gasteiger partial charge in [-0.05, 0) is 53.6 Å². The molecule has 0 aliphatic carbocycles. The summed E-state index contributed by atoms with van der Waals surface area (Å²) in [6.07, 6.45) is 0. The van der Waals surface area contributed by atoms with Crippen molar-refractivity contribution in [1.82, 2.24) is 4.98 Å². The predicted molar refractivity (Wildman–Crippen MR) is 168 cm³/mol. The van der Waals surface area contributed by atoms with Crippen LogP contribution in [-0.4, -0.2) is 23.8 Å². The molecular weight excluding hydrogens is 566 g/mol. The number of carbonyl (C=O) groups is 1. The first-order chi connectivity index (χ1) is 20.5. The number of hydrogen-bond donors (Lipinski definition) is 1. The zero-order chi connectivity index (χ0) is 29.3. The molecule has 6 nitrogen and oxygen atoms in total. The lowest BCUT2D eigenvalue weighted by Gasteiger charge is -2.15. The number of ether oxygens (including phenoxy) is 2. The minimum atomic E-state index is -0.221. The molecule has 5 rings (SSSR count). The van der Waals surface area contributed by atoms with E-state index in [1.165, 1.54) is 11.8 Å². The number of anilines is 1. The number of rotatable bonds is 10. The lowest BCUT2D eigenvalue weighted by molar-refractivity contribution is -0.113. The zero-order valence-corrected chi connectivity index (χ0v) is 24.3. The average molecular weight is 592 g/mol. The Hall–Kier alpha value is -4.77. The van der Waals surface area contributed by atoms with Crippen LogP contribution < -0.4 is 14.8 Å². The summed E-state index contributed by atoms with van der Waals surface area (Å²) in [5, 5.41) is 14.2. The second-order valence-electron chi connectivity index (χ2n) is 9.20. The van der Waals surface area contributed by atoms with Crippen LogP contribution in [0.5, 0.6) is 11.5 Å². The van der Waals surface area contributed by atoms with Crippen LogP contribution in [0.2, 0.25) is 5.02 Å². The van der Waals surface area contributed by atoms with Gasteiger partial charge in [-0.15, -0.1) is 0 Å². The minimum Gasteiger partial charge on any atom is -0.493 e. The highest BCUT2D eigenvalue weighted by Gasteiger charge is 2.19. The van der Waals surface area contributed by atoms with Crippen molar-refractivity contribution in [3.8, 4) is 40.0 Å². The van der Waals surface area contributed by atoms with E-state index in [4.69, 9.17) is 26.1 Å². The van der Waals surface area contributed by atoms with Gasteiger partial charge in [0.15, 0.2) is 11.5 Å². The van der Waals surface area contributed by atoms with Crippen LogP contribution >= 0.6 is 23.4 Å². The molecule has 0 aliphatic rings. The fourth-order valence-electron chi connectivity index (χ4n) is 4.27. The Bertz CT molecular complexity index is 1720. The van der Waals surface area contributed by atoms with Gasteiger partial charge in [-0.1, -0.05) is 90.1 Å². The maximum absolute atomic E-state index is 12.8. The van der Waals surface area contributed by atoms with E-state index in [-0.39, 0.29) is 11.7 Å². The molecule has 0 saturated heterocycles. The van der Waals surface area contributed by atoms with Crippen molar-refractivity contribution in [2.24, 2.45) is 0 Å². The van der Waals surface area contributed by atoms with Crippen LogP contribution in [-0.2, 0) is 11.4 Å². The first-order valence-electron chi connectivity index (χ1n) is 13.1. The van der Waals surface area contributed by atoms with E-state index < -0.39 is 0 Å². The number of amides is 1. The van der Waals surface area contributed by atoms with Gasteiger partial charge in [0.25, 0.3) is 0 Å². The molecule has 208 valence electrons. The Morgan fingerprint density at radius 3 is 2.31 bits per heavy atom. The van der Waals surface area contributed by atoms with E-state index >= 15 is 0 Å². The largest absolute Gasteiger partial charge is 0.493 e. The Morgan fingerprint density at radius 2 is 1.62 bits per heavy atom. The van der Waals surface area contributed by atoms with Gasteiger partial charge in [-0.3, -0.25) is 4.79 Å². The maximum atomic E-state index is 12.8. The molecule has 0 fully saturated rings. The second-order valence-corrected chi connectivity index (χ2v) is 10.6. The van der Waals surface area contributed by atoms with Gasteiger partial charge in [-0.2, -0.15) is 5.26 Å². The molecular formula is C34H26ClN3O3S. The Balaban J connectivity index is 1.46. The van der Waals surface area contributed by atoms with E-state index in [1.807, 2.05) is 84.9 Å². The molecule has 1 aromatic heterocycles. The van der Waals surface area contributed by atoms with Gasteiger partial charge in [-0.25, -0.2) is 4.98 Å². The highest BCUT2D eigenvalue weighted by Crippen LogP contribution is 2.38. The monoisotopic (exact) mass is 591 g/mol.